The Morgan fingerprint density at radius 2 is 1.94 bits per heavy atom. The van der Waals surface area contributed by atoms with Crippen molar-refractivity contribution in [3.8, 4) is 0 Å². The molecule has 2 rings (SSSR count). The zero-order valence-electron chi connectivity index (χ0n) is 9.16. The SMILES string of the molecule is Fc1cc(Br)ccc1NCCc1ccncc1. The summed E-state index contributed by atoms with van der Waals surface area (Å²) in [4.78, 5) is 3.95. The molecule has 0 saturated carbocycles. The van der Waals surface area contributed by atoms with E-state index in [1.54, 1.807) is 18.5 Å². The second-order valence-electron chi connectivity index (χ2n) is 3.66. The van der Waals surface area contributed by atoms with E-state index in [0.717, 1.165) is 10.9 Å². The van der Waals surface area contributed by atoms with Crippen LogP contribution in [-0.4, -0.2) is 11.5 Å². The van der Waals surface area contributed by atoms with E-state index in [0.29, 0.717) is 12.2 Å². The highest BCUT2D eigenvalue weighted by molar-refractivity contribution is 9.10. The van der Waals surface area contributed by atoms with Gasteiger partial charge in [-0.15, -0.1) is 0 Å². The lowest BCUT2D eigenvalue weighted by atomic mass is 10.2. The minimum Gasteiger partial charge on any atom is -0.382 e. The molecule has 1 heterocycles. The Hall–Kier alpha value is -1.42. The molecule has 17 heavy (non-hydrogen) atoms. The van der Waals surface area contributed by atoms with Crippen molar-refractivity contribution in [2.75, 3.05) is 11.9 Å². The molecule has 0 radical (unpaired) electrons. The third-order valence-electron chi connectivity index (χ3n) is 2.41. The van der Waals surface area contributed by atoms with E-state index >= 15 is 0 Å². The average molecular weight is 295 g/mol. The second-order valence-corrected chi connectivity index (χ2v) is 4.57. The molecule has 0 spiro atoms. The number of anilines is 1. The monoisotopic (exact) mass is 294 g/mol. The van der Waals surface area contributed by atoms with Crippen molar-refractivity contribution in [3.63, 3.8) is 0 Å². The molecule has 1 aromatic heterocycles. The molecule has 2 aromatic rings. The smallest absolute Gasteiger partial charge is 0.147 e. The molecular weight excluding hydrogens is 283 g/mol. The molecule has 0 aliphatic carbocycles. The summed E-state index contributed by atoms with van der Waals surface area (Å²) in [7, 11) is 0. The first-order valence-corrected chi connectivity index (χ1v) is 6.13. The first-order valence-electron chi connectivity index (χ1n) is 5.33. The van der Waals surface area contributed by atoms with Gasteiger partial charge in [0.2, 0.25) is 0 Å². The Kier molecular flexibility index (Phi) is 4.09. The van der Waals surface area contributed by atoms with E-state index in [4.69, 9.17) is 0 Å². The third-order valence-corrected chi connectivity index (χ3v) is 2.90. The van der Waals surface area contributed by atoms with E-state index in [1.807, 2.05) is 18.2 Å². The summed E-state index contributed by atoms with van der Waals surface area (Å²) in [5.41, 5.74) is 1.72. The quantitative estimate of drug-likeness (QED) is 0.931. The molecule has 1 aromatic carbocycles. The van der Waals surface area contributed by atoms with Gasteiger partial charge in [-0.25, -0.2) is 4.39 Å². The van der Waals surface area contributed by atoms with Gasteiger partial charge >= 0.3 is 0 Å². The van der Waals surface area contributed by atoms with Crippen LogP contribution in [0.4, 0.5) is 10.1 Å². The lowest BCUT2D eigenvalue weighted by Gasteiger charge is -2.07. The molecule has 0 atom stereocenters. The van der Waals surface area contributed by atoms with Crippen molar-refractivity contribution in [2.24, 2.45) is 0 Å². The Labute approximate surface area is 108 Å². The number of nitrogens with zero attached hydrogens (tertiary/aromatic N) is 1. The van der Waals surface area contributed by atoms with Crippen molar-refractivity contribution in [2.45, 2.75) is 6.42 Å². The summed E-state index contributed by atoms with van der Waals surface area (Å²) in [5, 5.41) is 3.07. The number of hydrogen-bond donors (Lipinski definition) is 1. The zero-order valence-corrected chi connectivity index (χ0v) is 10.7. The standard InChI is InChI=1S/C13H12BrFN2/c14-11-1-2-13(12(15)9-11)17-8-5-10-3-6-16-7-4-10/h1-4,6-7,9,17H,5,8H2. The van der Waals surface area contributed by atoms with Gasteiger partial charge < -0.3 is 5.32 Å². The molecule has 0 aliphatic rings. The molecular formula is C13H12BrFN2. The molecule has 0 fully saturated rings. The summed E-state index contributed by atoms with van der Waals surface area (Å²) in [6.07, 6.45) is 4.36. The summed E-state index contributed by atoms with van der Waals surface area (Å²) in [6, 6.07) is 8.91. The normalized spacial score (nSPS) is 10.2. The highest BCUT2D eigenvalue weighted by atomic mass is 79.9. The van der Waals surface area contributed by atoms with Gasteiger partial charge in [0.1, 0.15) is 5.82 Å². The van der Waals surface area contributed by atoms with Crippen LogP contribution in [-0.2, 0) is 6.42 Å². The van der Waals surface area contributed by atoms with Crippen molar-refractivity contribution in [3.05, 3.63) is 58.6 Å². The fourth-order valence-corrected chi connectivity index (χ4v) is 1.86. The van der Waals surface area contributed by atoms with Gasteiger partial charge in [0.15, 0.2) is 0 Å². The fraction of sp³-hybridized carbons (Fsp3) is 0.154. The van der Waals surface area contributed by atoms with E-state index in [-0.39, 0.29) is 5.82 Å². The van der Waals surface area contributed by atoms with Gasteiger partial charge in [0.25, 0.3) is 0 Å². The number of hydrogen-bond acceptors (Lipinski definition) is 2. The minimum atomic E-state index is -0.242. The predicted octanol–water partition coefficient (Wildman–Crippen LogP) is 3.64. The number of halogens is 2. The number of pyridine rings is 1. The highest BCUT2D eigenvalue weighted by Gasteiger charge is 2.01. The maximum absolute atomic E-state index is 13.5. The largest absolute Gasteiger partial charge is 0.382 e. The molecule has 1 N–H and O–H groups in total. The zero-order chi connectivity index (χ0) is 12.1. The lowest BCUT2D eigenvalue weighted by molar-refractivity contribution is 0.629. The summed E-state index contributed by atoms with van der Waals surface area (Å²) in [6.45, 7) is 0.697. The Morgan fingerprint density at radius 1 is 1.18 bits per heavy atom. The van der Waals surface area contributed by atoms with Crippen LogP contribution < -0.4 is 5.32 Å². The molecule has 0 saturated heterocycles. The lowest BCUT2D eigenvalue weighted by Crippen LogP contribution is -2.06. The molecule has 0 unspecified atom stereocenters. The first kappa shape index (κ1) is 12.0. The van der Waals surface area contributed by atoms with Gasteiger partial charge in [-0.3, -0.25) is 4.98 Å². The number of nitrogens with one attached hydrogen (secondary N) is 1. The van der Waals surface area contributed by atoms with Gasteiger partial charge in [-0.2, -0.15) is 0 Å². The van der Waals surface area contributed by atoms with Crippen LogP contribution in [0, 0.1) is 5.82 Å². The number of aromatic nitrogens is 1. The number of rotatable bonds is 4. The molecule has 0 amide bonds. The Balaban J connectivity index is 1.90. The van der Waals surface area contributed by atoms with Crippen LogP contribution in [0.5, 0.6) is 0 Å². The first-order chi connectivity index (χ1) is 8.25. The van der Waals surface area contributed by atoms with Crippen LogP contribution in [0.15, 0.2) is 47.2 Å². The number of benzene rings is 1. The van der Waals surface area contributed by atoms with Crippen LogP contribution in [0.1, 0.15) is 5.56 Å². The van der Waals surface area contributed by atoms with Gasteiger partial charge in [0, 0.05) is 23.4 Å². The van der Waals surface area contributed by atoms with Crippen LogP contribution in [0.25, 0.3) is 0 Å². The van der Waals surface area contributed by atoms with E-state index in [2.05, 4.69) is 26.2 Å². The van der Waals surface area contributed by atoms with E-state index < -0.39 is 0 Å². The van der Waals surface area contributed by atoms with E-state index in [1.165, 1.54) is 11.6 Å². The van der Waals surface area contributed by atoms with Gasteiger partial charge in [0.05, 0.1) is 5.69 Å². The average Bonchev–Trinajstić information content (AvgIpc) is 2.33. The summed E-state index contributed by atoms with van der Waals surface area (Å²) < 4.78 is 14.2. The topological polar surface area (TPSA) is 24.9 Å². The van der Waals surface area contributed by atoms with Gasteiger partial charge in [-0.1, -0.05) is 15.9 Å². The van der Waals surface area contributed by atoms with Crippen LogP contribution >= 0.6 is 15.9 Å². The maximum Gasteiger partial charge on any atom is 0.147 e. The minimum absolute atomic E-state index is 0.242. The molecule has 88 valence electrons. The molecule has 4 heteroatoms. The maximum atomic E-state index is 13.5. The van der Waals surface area contributed by atoms with Crippen molar-refractivity contribution in [1.82, 2.24) is 4.98 Å². The Bertz CT molecular complexity index is 488. The van der Waals surface area contributed by atoms with Crippen LogP contribution in [0.3, 0.4) is 0 Å². The van der Waals surface area contributed by atoms with Crippen LogP contribution in [0.2, 0.25) is 0 Å². The van der Waals surface area contributed by atoms with Crippen molar-refractivity contribution in [1.29, 1.82) is 0 Å². The summed E-state index contributed by atoms with van der Waals surface area (Å²) >= 11 is 3.23. The fourth-order valence-electron chi connectivity index (χ4n) is 1.52. The molecule has 0 aliphatic heterocycles. The Morgan fingerprint density at radius 3 is 2.65 bits per heavy atom. The molecule has 0 bridgehead atoms. The van der Waals surface area contributed by atoms with Crippen molar-refractivity contribution < 1.29 is 4.39 Å². The predicted molar refractivity (Wildman–Crippen MR) is 70.5 cm³/mol. The second kappa shape index (κ2) is 5.77. The summed E-state index contributed by atoms with van der Waals surface area (Å²) in [5.74, 6) is -0.242. The third kappa shape index (κ3) is 3.53. The van der Waals surface area contributed by atoms with Gasteiger partial charge in [-0.05, 0) is 42.3 Å². The van der Waals surface area contributed by atoms with Crippen molar-refractivity contribution >= 4 is 21.6 Å². The highest BCUT2D eigenvalue weighted by Crippen LogP contribution is 2.19. The molecule has 2 nitrogen and oxygen atoms in total. The van der Waals surface area contributed by atoms with E-state index in [9.17, 15) is 4.39 Å².